The summed E-state index contributed by atoms with van der Waals surface area (Å²) in [5.74, 6) is 2.36. The lowest BCUT2D eigenvalue weighted by Crippen LogP contribution is -2.58. The average Bonchev–Trinajstić information content (AvgIpc) is 2.98. The molecule has 0 amide bonds. The molecule has 4 saturated carbocycles. The van der Waals surface area contributed by atoms with E-state index in [4.69, 9.17) is 5.11 Å². The molecule has 2 unspecified atom stereocenters. The summed E-state index contributed by atoms with van der Waals surface area (Å²) >= 11 is 0. The van der Waals surface area contributed by atoms with E-state index in [9.17, 15) is 15.0 Å². The number of carbonyl (C=O) groups is 1. The highest BCUT2D eigenvalue weighted by Gasteiger charge is 2.62. The van der Waals surface area contributed by atoms with Gasteiger partial charge in [-0.1, -0.05) is 20.8 Å². The highest BCUT2D eigenvalue weighted by Crippen LogP contribution is 2.68. The summed E-state index contributed by atoms with van der Waals surface area (Å²) in [5.41, 5.74) is 0.523. The normalized spacial score (nSPS) is 51.7. The topological polar surface area (TPSA) is 77.8 Å². The lowest BCUT2D eigenvalue weighted by molar-refractivity contribution is -0.174. The van der Waals surface area contributed by atoms with Gasteiger partial charge in [-0.05, 0) is 104 Å². The number of hydrogen-bond acceptors (Lipinski definition) is 3. The summed E-state index contributed by atoms with van der Waals surface area (Å²) in [7, 11) is 0. The standard InChI is InChI=1S/C24H40O4/c1-14(4-7-21(27)28)17-5-6-18-22-19(9-11-24(17,18)3)23(2)10-8-16(25)12-15(23)13-20(22)26/h14-20,22,25-26H,4-13H2,1-3H3,(H,27,28)/t14-,15+,16-,17-,18?,19+,20-,22?,23+,24-/m1/s1. The van der Waals surface area contributed by atoms with Crippen LogP contribution in [0.25, 0.3) is 0 Å². The molecule has 0 saturated heterocycles. The Morgan fingerprint density at radius 2 is 1.68 bits per heavy atom. The molecule has 0 radical (unpaired) electrons. The number of carboxylic acids is 1. The first kappa shape index (κ1) is 20.7. The van der Waals surface area contributed by atoms with E-state index in [1.54, 1.807) is 0 Å². The quantitative estimate of drug-likeness (QED) is 0.659. The van der Waals surface area contributed by atoms with Crippen LogP contribution in [-0.2, 0) is 4.79 Å². The van der Waals surface area contributed by atoms with E-state index in [0.29, 0.717) is 35.5 Å². The maximum Gasteiger partial charge on any atom is 0.303 e. The molecule has 0 aromatic heterocycles. The second-order valence-corrected chi connectivity index (χ2v) is 11.4. The molecule has 0 aliphatic heterocycles. The van der Waals surface area contributed by atoms with E-state index in [1.807, 2.05) is 0 Å². The Labute approximate surface area is 170 Å². The Morgan fingerprint density at radius 3 is 2.39 bits per heavy atom. The second-order valence-electron chi connectivity index (χ2n) is 11.4. The van der Waals surface area contributed by atoms with Crippen molar-refractivity contribution in [2.75, 3.05) is 0 Å². The number of hydrogen-bond donors (Lipinski definition) is 3. The molecule has 4 fully saturated rings. The number of fused-ring (bicyclic) bond motifs is 5. The van der Waals surface area contributed by atoms with Crippen LogP contribution in [0.3, 0.4) is 0 Å². The summed E-state index contributed by atoms with van der Waals surface area (Å²) in [6, 6.07) is 0. The number of carboxylic acid groups (broad SMARTS) is 1. The van der Waals surface area contributed by atoms with Crippen molar-refractivity contribution < 1.29 is 20.1 Å². The van der Waals surface area contributed by atoms with Gasteiger partial charge in [0.1, 0.15) is 0 Å². The zero-order chi connectivity index (χ0) is 20.3. The molecular formula is C24H40O4. The molecule has 160 valence electrons. The van der Waals surface area contributed by atoms with E-state index in [-0.39, 0.29) is 29.5 Å². The summed E-state index contributed by atoms with van der Waals surface area (Å²) in [6.07, 6.45) is 9.19. The van der Waals surface area contributed by atoms with Gasteiger partial charge in [-0.3, -0.25) is 4.79 Å². The fraction of sp³-hybridized carbons (Fsp3) is 0.958. The Hall–Kier alpha value is -0.610. The highest BCUT2D eigenvalue weighted by atomic mass is 16.4. The van der Waals surface area contributed by atoms with Crippen molar-refractivity contribution in [3.8, 4) is 0 Å². The van der Waals surface area contributed by atoms with Crippen LogP contribution < -0.4 is 0 Å². The fourth-order valence-electron chi connectivity index (χ4n) is 8.73. The maximum atomic E-state index is 11.2. The van der Waals surface area contributed by atoms with Gasteiger partial charge in [0.25, 0.3) is 0 Å². The first-order chi connectivity index (χ1) is 13.2. The van der Waals surface area contributed by atoms with E-state index < -0.39 is 5.97 Å². The smallest absolute Gasteiger partial charge is 0.303 e. The van der Waals surface area contributed by atoms with Gasteiger partial charge in [0, 0.05) is 6.42 Å². The number of aliphatic hydroxyl groups is 2. The third-order valence-electron chi connectivity index (χ3n) is 10.2. The van der Waals surface area contributed by atoms with Crippen LogP contribution in [0.2, 0.25) is 0 Å². The molecule has 4 heteroatoms. The Balaban J connectivity index is 1.55. The minimum absolute atomic E-state index is 0.179. The van der Waals surface area contributed by atoms with Gasteiger partial charge in [-0.25, -0.2) is 0 Å². The van der Waals surface area contributed by atoms with Gasteiger partial charge in [-0.15, -0.1) is 0 Å². The first-order valence-corrected chi connectivity index (χ1v) is 11.7. The van der Waals surface area contributed by atoms with Crippen molar-refractivity contribution in [1.82, 2.24) is 0 Å². The van der Waals surface area contributed by atoms with Crippen LogP contribution in [0.1, 0.15) is 85.0 Å². The van der Waals surface area contributed by atoms with Gasteiger partial charge in [-0.2, -0.15) is 0 Å². The van der Waals surface area contributed by atoms with Crippen molar-refractivity contribution in [1.29, 1.82) is 0 Å². The molecule has 4 rings (SSSR count). The Bertz CT molecular complexity index is 605. The molecule has 4 aliphatic rings. The zero-order valence-electron chi connectivity index (χ0n) is 17.9. The molecule has 0 aromatic rings. The molecular weight excluding hydrogens is 352 g/mol. The molecule has 4 aliphatic carbocycles. The monoisotopic (exact) mass is 392 g/mol. The van der Waals surface area contributed by atoms with E-state index in [0.717, 1.165) is 32.1 Å². The molecule has 0 heterocycles. The summed E-state index contributed by atoms with van der Waals surface area (Å²) in [6.45, 7) is 7.16. The molecule has 4 nitrogen and oxygen atoms in total. The van der Waals surface area contributed by atoms with Gasteiger partial charge >= 0.3 is 5.97 Å². The zero-order valence-corrected chi connectivity index (χ0v) is 17.9. The third kappa shape index (κ3) is 3.14. The highest BCUT2D eigenvalue weighted by molar-refractivity contribution is 5.66. The SMILES string of the molecule is C[C@H](CCC(=O)O)[C@H]1CCC2C3[C@H](O)C[C@@H]4C[C@H](O)CC[C@]4(C)[C@H]3CC[C@@]21C. The second kappa shape index (κ2) is 7.27. The van der Waals surface area contributed by atoms with Gasteiger partial charge < -0.3 is 15.3 Å². The number of aliphatic carboxylic acids is 1. The maximum absolute atomic E-state index is 11.2. The van der Waals surface area contributed by atoms with Crippen molar-refractivity contribution in [3.05, 3.63) is 0 Å². The van der Waals surface area contributed by atoms with Crippen molar-refractivity contribution in [3.63, 3.8) is 0 Å². The van der Waals surface area contributed by atoms with Crippen LogP contribution in [0.4, 0.5) is 0 Å². The summed E-state index contributed by atoms with van der Waals surface area (Å²) in [5, 5.41) is 30.5. The first-order valence-electron chi connectivity index (χ1n) is 11.7. The van der Waals surface area contributed by atoms with Crippen molar-refractivity contribution in [2.45, 2.75) is 97.2 Å². The number of rotatable bonds is 4. The van der Waals surface area contributed by atoms with Gasteiger partial charge in [0.2, 0.25) is 0 Å². The minimum Gasteiger partial charge on any atom is -0.481 e. The molecule has 3 N–H and O–H groups in total. The lowest BCUT2D eigenvalue weighted by atomic mass is 9.43. The van der Waals surface area contributed by atoms with Crippen LogP contribution in [0, 0.1) is 46.3 Å². The summed E-state index contributed by atoms with van der Waals surface area (Å²) < 4.78 is 0. The van der Waals surface area contributed by atoms with Gasteiger partial charge in [0.05, 0.1) is 12.2 Å². The van der Waals surface area contributed by atoms with E-state index in [2.05, 4.69) is 20.8 Å². The molecule has 0 aromatic carbocycles. The Kier molecular flexibility index (Phi) is 5.36. The van der Waals surface area contributed by atoms with Crippen LogP contribution in [0.15, 0.2) is 0 Å². The molecule has 28 heavy (non-hydrogen) atoms. The predicted molar refractivity (Wildman–Crippen MR) is 109 cm³/mol. The minimum atomic E-state index is -0.684. The van der Waals surface area contributed by atoms with Crippen molar-refractivity contribution in [2.24, 2.45) is 46.3 Å². The number of aliphatic hydroxyl groups excluding tert-OH is 2. The largest absolute Gasteiger partial charge is 0.481 e. The van der Waals surface area contributed by atoms with E-state index in [1.165, 1.54) is 25.7 Å². The third-order valence-corrected chi connectivity index (χ3v) is 10.2. The summed E-state index contributed by atoms with van der Waals surface area (Å²) in [4.78, 5) is 11.1. The lowest BCUT2D eigenvalue weighted by Gasteiger charge is -2.62. The van der Waals surface area contributed by atoms with Gasteiger partial charge in [0.15, 0.2) is 0 Å². The van der Waals surface area contributed by atoms with Crippen molar-refractivity contribution >= 4 is 5.97 Å². The molecule has 0 bridgehead atoms. The fourth-order valence-corrected chi connectivity index (χ4v) is 8.73. The van der Waals surface area contributed by atoms with E-state index >= 15 is 0 Å². The average molecular weight is 393 g/mol. The van der Waals surface area contributed by atoms with Crippen LogP contribution in [0.5, 0.6) is 0 Å². The Morgan fingerprint density at radius 1 is 1.00 bits per heavy atom. The molecule has 10 atom stereocenters. The van der Waals surface area contributed by atoms with Crippen LogP contribution >= 0.6 is 0 Å². The molecule has 0 spiro atoms. The predicted octanol–water partition coefficient (Wildman–Crippen LogP) is 4.48. The van der Waals surface area contributed by atoms with Crippen LogP contribution in [-0.4, -0.2) is 33.5 Å².